The largest absolute Gasteiger partial charge is 0.299 e. The summed E-state index contributed by atoms with van der Waals surface area (Å²) in [5.74, 6) is -0.393. The van der Waals surface area contributed by atoms with E-state index in [0.717, 1.165) is 6.42 Å². The third kappa shape index (κ3) is 2.10. The number of rotatable bonds is 2. The Kier molecular flexibility index (Phi) is 2.87. The van der Waals surface area contributed by atoms with Crippen LogP contribution in [0.4, 0.5) is 0 Å². The van der Waals surface area contributed by atoms with Gasteiger partial charge < -0.3 is 0 Å². The lowest BCUT2D eigenvalue weighted by Gasteiger charge is -2.06. The summed E-state index contributed by atoms with van der Waals surface area (Å²) in [5.41, 5.74) is 0.583. The number of carbonyl (C=O) groups excluding carboxylic acids is 2. The summed E-state index contributed by atoms with van der Waals surface area (Å²) in [6.45, 7) is 0. The predicted octanol–water partition coefficient (Wildman–Crippen LogP) is 2.89. The monoisotopic (exact) mass is 222 g/mol. The smallest absolute Gasteiger partial charge is 0.173 e. The van der Waals surface area contributed by atoms with Crippen LogP contribution in [-0.4, -0.2) is 11.6 Å². The van der Waals surface area contributed by atoms with E-state index in [9.17, 15) is 9.59 Å². The molecule has 0 radical (unpaired) electrons. The van der Waals surface area contributed by atoms with Crippen LogP contribution in [0, 0.1) is 5.92 Å². The van der Waals surface area contributed by atoms with Crippen LogP contribution >= 0.6 is 11.6 Å². The third-order valence-electron chi connectivity index (χ3n) is 2.75. The Labute approximate surface area is 93.2 Å². The van der Waals surface area contributed by atoms with Gasteiger partial charge in [-0.1, -0.05) is 11.6 Å². The molecule has 1 fully saturated rings. The molecule has 0 saturated heterocycles. The second-order valence-electron chi connectivity index (χ2n) is 3.78. The Morgan fingerprint density at radius 2 is 1.93 bits per heavy atom. The van der Waals surface area contributed by atoms with Crippen LogP contribution < -0.4 is 0 Å². The Morgan fingerprint density at radius 1 is 1.27 bits per heavy atom. The van der Waals surface area contributed by atoms with Crippen molar-refractivity contribution in [3.8, 4) is 0 Å². The maximum atomic E-state index is 11.9. The summed E-state index contributed by atoms with van der Waals surface area (Å²) in [6.07, 6.45) is 2.08. The quantitative estimate of drug-likeness (QED) is 0.570. The van der Waals surface area contributed by atoms with E-state index in [0.29, 0.717) is 23.4 Å². The molecule has 78 valence electrons. The molecule has 0 spiro atoms. The zero-order valence-electron chi connectivity index (χ0n) is 8.20. The van der Waals surface area contributed by atoms with Crippen LogP contribution in [0.1, 0.15) is 29.6 Å². The van der Waals surface area contributed by atoms with Gasteiger partial charge in [-0.25, -0.2) is 0 Å². The van der Waals surface area contributed by atoms with Crippen LogP contribution in [0.15, 0.2) is 24.3 Å². The first-order valence-electron chi connectivity index (χ1n) is 5.01. The highest BCUT2D eigenvalue weighted by Crippen LogP contribution is 2.25. The summed E-state index contributed by atoms with van der Waals surface area (Å²) in [6, 6.07) is 6.70. The highest BCUT2D eigenvalue weighted by atomic mass is 35.5. The Morgan fingerprint density at radius 3 is 2.47 bits per heavy atom. The van der Waals surface area contributed by atoms with Crippen molar-refractivity contribution >= 4 is 23.2 Å². The first-order chi connectivity index (χ1) is 7.18. The zero-order valence-corrected chi connectivity index (χ0v) is 8.96. The second kappa shape index (κ2) is 4.15. The number of ketones is 2. The Hall–Kier alpha value is -1.15. The van der Waals surface area contributed by atoms with Gasteiger partial charge in [-0.05, 0) is 37.1 Å². The number of hydrogen-bond acceptors (Lipinski definition) is 2. The molecular weight excluding hydrogens is 212 g/mol. The van der Waals surface area contributed by atoms with Crippen molar-refractivity contribution in [2.24, 2.45) is 5.92 Å². The van der Waals surface area contributed by atoms with Crippen LogP contribution in [0.25, 0.3) is 0 Å². The van der Waals surface area contributed by atoms with Crippen molar-refractivity contribution < 1.29 is 9.59 Å². The molecule has 3 heteroatoms. The maximum absolute atomic E-state index is 11.9. The summed E-state index contributed by atoms with van der Waals surface area (Å²) in [5, 5.41) is 0.601. The van der Waals surface area contributed by atoms with Crippen molar-refractivity contribution in [3.05, 3.63) is 34.9 Å². The summed E-state index contributed by atoms with van der Waals surface area (Å²) >= 11 is 5.73. The second-order valence-corrected chi connectivity index (χ2v) is 4.22. The molecule has 0 heterocycles. The molecule has 1 unspecified atom stereocenters. The van der Waals surface area contributed by atoms with Crippen molar-refractivity contribution in [1.29, 1.82) is 0 Å². The number of Topliss-reactive ketones (excluding diaryl/α,β-unsaturated/α-hetero) is 2. The van der Waals surface area contributed by atoms with E-state index in [4.69, 9.17) is 11.6 Å². The van der Waals surface area contributed by atoms with E-state index < -0.39 is 5.92 Å². The van der Waals surface area contributed by atoms with Gasteiger partial charge in [-0.3, -0.25) is 9.59 Å². The van der Waals surface area contributed by atoms with Gasteiger partial charge in [0.25, 0.3) is 0 Å². The predicted molar refractivity (Wildman–Crippen MR) is 58.1 cm³/mol. The van der Waals surface area contributed by atoms with Crippen LogP contribution in [-0.2, 0) is 4.79 Å². The lowest BCUT2D eigenvalue weighted by atomic mass is 9.96. The molecule has 0 bridgehead atoms. The molecule has 2 rings (SSSR count). The first kappa shape index (κ1) is 10.4. The van der Waals surface area contributed by atoms with Gasteiger partial charge in [0.15, 0.2) is 5.78 Å². The van der Waals surface area contributed by atoms with Gasteiger partial charge in [0.2, 0.25) is 0 Å². The first-order valence-corrected chi connectivity index (χ1v) is 5.39. The van der Waals surface area contributed by atoms with Crippen LogP contribution in [0.2, 0.25) is 5.02 Å². The van der Waals surface area contributed by atoms with Gasteiger partial charge in [0, 0.05) is 17.0 Å². The molecule has 0 aliphatic heterocycles. The molecule has 1 saturated carbocycles. The lowest BCUT2D eigenvalue weighted by molar-refractivity contribution is -0.119. The van der Waals surface area contributed by atoms with Gasteiger partial charge in [0.05, 0.1) is 5.92 Å². The van der Waals surface area contributed by atoms with E-state index in [1.807, 2.05) is 0 Å². The topological polar surface area (TPSA) is 34.1 Å². The van der Waals surface area contributed by atoms with E-state index in [-0.39, 0.29) is 11.6 Å². The number of benzene rings is 1. The highest BCUT2D eigenvalue weighted by molar-refractivity contribution is 6.30. The molecule has 0 N–H and O–H groups in total. The van der Waals surface area contributed by atoms with E-state index >= 15 is 0 Å². The fourth-order valence-electron chi connectivity index (χ4n) is 1.91. The van der Waals surface area contributed by atoms with Gasteiger partial charge >= 0.3 is 0 Å². The van der Waals surface area contributed by atoms with E-state index in [1.54, 1.807) is 24.3 Å². The molecule has 1 atom stereocenters. The summed E-state index contributed by atoms with van der Waals surface area (Å²) in [7, 11) is 0. The highest BCUT2D eigenvalue weighted by Gasteiger charge is 2.31. The van der Waals surface area contributed by atoms with Gasteiger partial charge in [-0.15, -0.1) is 0 Å². The van der Waals surface area contributed by atoms with Crippen LogP contribution in [0.3, 0.4) is 0 Å². The average Bonchev–Trinajstić information content (AvgIpc) is 2.65. The van der Waals surface area contributed by atoms with E-state index in [2.05, 4.69) is 0 Å². The molecule has 2 nitrogen and oxygen atoms in total. The minimum absolute atomic E-state index is 0.0610. The van der Waals surface area contributed by atoms with Gasteiger partial charge in [-0.2, -0.15) is 0 Å². The van der Waals surface area contributed by atoms with Crippen molar-refractivity contribution in [3.63, 3.8) is 0 Å². The summed E-state index contributed by atoms with van der Waals surface area (Å²) in [4.78, 5) is 23.3. The Bertz CT molecular complexity index is 395. The SMILES string of the molecule is O=C1CCCC1C(=O)c1ccc(Cl)cc1. The number of halogens is 1. The minimum atomic E-state index is -0.411. The number of carbonyl (C=O) groups is 2. The average molecular weight is 223 g/mol. The van der Waals surface area contributed by atoms with Crippen molar-refractivity contribution in [2.45, 2.75) is 19.3 Å². The normalized spacial score (nSPS) is 20.6. The molecule has 0 amide bonds. The molecule has 1 aromatic carbocycles. The van der Waals surface area contributed by atoms with Crippen LogP contribution in [0.5, 0.6) is 0 Å². The fraction of sp³-hybridized carbons (Fsp3) is 0.333. The summed E-state index contributed by atoms with van der Waals surface area (Å²) < 4.78 is 0. The number of hydrogen-bond donors (Lipinski definition) is 0. The standard InChI is InChI=1S/C12H11ClO2/c13-9-6-4-8(5-7-9)12(15)10-2-1-3-11(10)14/h4-7,10H,1-3H2. The molecule has 1 aliphatic rings. The molecule has 15 heavy (non-hydrogen) atoms. The molecule has 0 aromatic heterocycles. The van der Waals surface area contributed by atoms with E-state index in [1.165, 1.54) is 0 Å². The molecule has 1 aliphatic carbocycles. The maximum Gasteiger partial charge on any atom is 0.173 e. The third-order valence-corrected chi connectivity index (χ3v) is 3.00. The fourth-order valence-corrected chi connectivity index (χ4v) is 2.03. The van der Waals surface area contributed by atoms with Crippen molar-refractivity contribution in [2.75, 3.05) is 0 Å². The minimum Gasteiger partial charge on any atom is -0.299 e. The molecular formula is C12H11ClO2. The zero-order chi connectivity index (χ0) is 10.8. The Balaban J connectivity index is 2.20. The lowest BCUT2D eigenvalue weighted by Crippen LogP contribution is -2.18. The molecule has 1 aromatic rings. The van der Waals surface area contributed by atoms with Gasteiger partial charge in [0.1, 0.15) is 5.78 Å². The van der Waals surface area contributed by atoms with Crippen molar-refractivity contribution in [1.82, 2.24) is 0 Å².